The summed E-state index contributed by atoms with van der Waals surface area (Å²) in [5, 5.41) is 3.27. The van der Waals surface area contributed by atoms with Crippen LogP contribution < -0.4 is 15.5 Å². The third-order valence-corrected chi connectivity index (χ3v) is 5.45. The monoisotopic (exact) mass is 441 g/mol. The quantitative estimate of drug-likeness (QED) is 0.389. The second-order valence-electron chi connectivity index (χ2n) is 8.92. The minimum Gasteiger partial charge on any atom is -0.494 e. The molecule has 0 aliphatic heterocycles. The molecule has 5 nitrogen and oxygen atoms in total. The molecular weight excluding hydrogens is 414 g/mol. The van der Waals surface area contributed by atoms with Gasteiger partial charge < -0.3 is 14.5 Å². The van der Waals surface area contributed by atoms with Crippen LogP contribution in [0.2, 0.25) is 0 Å². The highest BCUT2D eigenvalue weighted by atomic mass is 16.5. The lowest BCUT2D eigenvalue weighted by molar-refractivity contribution is 0.102. The van der Waals surface area contributed by atoms with Gasteiger partial charge in [0, 0.05) is 22.9 Å². The Morgan fingerprint density at radius 2 is 1.64 bits per heavy atom. The predicted molar refractivity (Wildman–Crippen MR) is 132 cm³/mol. The maximum atomic E-state index is 12.8. The van der Waals surface area contributed by atoms with Crippen LogP contribution in [-0.2, 0) is 5.41 Å². The van der Waals surface area contributed by atoms with Gasteiger partial charge in [0.25, 0.3) is 5.91 Å². The number of ether oxygens (including phenoxy) is 1. The summed E-state index contributed by atoms with van der Waals surface area (Å²) in [6, 6.07) is 21.5. The fraction of sp³-hybridized carbons (Fsp3) is 0.214. The van der Waals surface area contributed by atoms with E-state index < -0.39 is 0 Å². The number of rotatable bonds is 5. The molecule has 5 heteroatoms. The first-order valence-electron chi connectivity index (χ1n) is 11.0. The van der Waals surface area contributed by atoms with Crippen molar-refractivity contribution < 1.29 is 13.9 Å². The SMILES string of the molecule is CCOc1ccc(-c2cc(=O)c3cc(NC(=O)c4ccc(C(C)(C)C)cc4)ccc3o2)cc1. The Balaban J connectivity index is 1.57. The molecule has 0 bridgehead atoms. The van der Waals surface area contributed by atoms with E-state index in [1.165, 1.54) is 6.07 Å². The van der Waals surface area contributed by atoms with Crippen molar-refractivity contribution in [2.24, 2.45) is 0 Å². The summed E-state index contributed by atoms with van der Waals surface area (Å²) in [5.74, 6) is 1.01. The molecule has 1 aromatic heterocycles. The van der Waals surface area contributed by atoms with Gasteiger partial charge in [0.05, 0.1) is 12.0 Å². The highest BCUT2D eigenvalue weighted by Crippen LogP contribution is 2.26. The van der Waals surface area contributed by atoms with Crippen molar-refractivity contribution >= 4 is 22.6 Å². The maximum Gasteiger partial charge on any atom is 0.255 e. The lowest BCUT2D eigenvalue weighted by atomic mass is 9.87. The highest BCUT2D eigenvalue weighted by molar-refractivity contribution is 6.05. The van der Waals surface area contributed by atoms with E-state index in [1.54, 1.807) is 18.2 Å². The first kappa shape index (κ1) is 22.3. The van der Waals surface area contributed by atoms with Gasteiger partial charge in [-0.05, 0) is 72.5 Å². The van der Waals surface area contributed by atoms with E-state index in [0.29, 0.717) is 34.6 Å². The molecule has 4 aromatic rings. The number of fused-ring (bicyclic) bond motifs is 1. The average Bonchev–Trinajstić information content (AvgIpc) is 2.79. The molecule has 0 unspecified atom stereocenters. The molecule has 168 valence electrons. The molecule has 1 amide bonds. The van der Waals surface area contributed by atoms with Gasteiger partial charge in [-0.1, -0.05) is 32.9 Å². The van der Waals surface area contributed by atoms with Gasteiger partial charge in [0.2, 0.25) is 0 Å². The second-order valence-corrected chi connectivity index (χ2v) is 8.92. The predicted octanol–water partition coefficient (Wildman–Crippen LogP) is 6.41. The molecule has 0 atom stereocenters. The van der Waals surface area contributed by atoms with Crippen LogP contribution in [0, 0.1) is 0 Å². The zero-order valence-corrected chi connectivity index (χ0v) is 19.3. The molecule has 1 heterocycles. The normalized spacial score (nSPS) is 11.4. The Hall–Kier alpha value is -3.86. The number of anilines is 1. The summed E-state index contributed by atoms with van der Waals surface area (Å²) in [6.07, 6.45) is 0. The Kier molecular flexibility index (Phi) is 6.05. The molecule has 0 radical (unpaired) electrons. The molecule has 0 saturated heterocycles. The molecule has 4 rings (SSSR count). The zero-order valence-electron chi connectivity index (χ0n) is 19.3. The number of nitrogens with one attached hydrogen (secondary N) is 1. The number of benzene rings is 3. The summed E-state index contributed by atoms with van der Waals surface area (Å²) in [4.78, 5) is 25.5. The summed E-state index contributed by atoms with van der Waals surface area (Å²) in [7, 11) is 0. The van der Waals surface area contributed by atoms with Crippen LogP contribution in [0.15, 0.2) is 82.0 Å². The number of hydrogen-bond acceptors (Lipinski definition) is 4. The lowest BCUT2D eigenvalue weighted by Crippen LogP contribution is -2.14. The molecule has 33 heavy (non-hydrogen) atoms. The second kappa shape index (κ2) is 8.94. The number of carbonyl (C=O) groups excluding carboxylic acids is 1. The Labute approximate surface area is 193 Å². The molecule has 3 aromatic carbocycles. The smallest absolute Gasteiger partial charge is 0.255 e. The van der Waals surface area contributed by atoms with Crippen LogP contribution in [0.3, 0.4) is 0 Å². The lowest BCUT2D eigenvalue weighted by Gasteiger charge is -2.19. The zero-order chi connectivity index (χ0) is 23.6. The van der Waals surface area contributed by atoms with Crippen molar-refractivity contribution in [1.29, 1.82) is 0 Å². The van der Waals surface area contributed by atoms with Gasteiger partial charge in [-0.25, -0.2) is 0 Å². The number of carbonyl (C=O) groups is 1. The third kappa shape index (κ3) is 4.98. The molecule has 1 N–H and O–H groups in total. The Bertz CT molecular complexity index is 1340. The van der Waals surface area contributed by atoms with Gasteiger partial charge in [-0.2, -0.15) is 0 Å². The minimum absolute atomic E-state index is 0.0194. The van der Waals surface area contributed by atoms with E-state index in [-0.39, 0.29) is 16.8 Å². The van der Waals surface area contributed by atoms with E-state index in [1.807, 2.05) is 55.5 Å². The summed E-state index contributed by atoms with van der Waals surface area (Å²) in [5.41, 5.74) is 3.34. The van der Waals surface area contributed by atoms with Crippen LogP contribution >= 0.6 is 0 Å². The fourth-order valence-corrected chi connectivity index (χ4v) is 3.58. The van der Waals surface area contributed by atoms with Crippen molar-refractivity contribution in [2.75, 3.05) is 11.9 Å². The number of amides is 1. The largest absolute Gasteiger partial charge is 0.494 e. The van der Waals surface area contributed by atoms with Gasteiger partial charge in [-0.15, -0.1) is 0 Å². The molecule has 0 aliphatic rings. The summed E-state index contributed by atoms with van der Waals surface area (Å²) >= 11 is 0. The molecule has 0 spiro atoms. The molecule has 0 aliphatic carbocycles. The number of hydrogen-bond donors (Lipinski definition) is 1. The van der Waals surface area contributed by atoms with E-state index in [9.17, 15) is 9.59 Å². The summed E-state index contributed by atoms with van der Waals surface area (Å²) < 4.78 is 11.4. The molecule has 0 fully saturated rings. The van der Waals surface area contributed by atoms with Crippen molar-refractivity contribution in [3.63, 3.8) is 0 Å². The van der Waals surface area contributed by atoms with Crippen molar-refractivity contribution in [3.8, 4) is 17.1 Å². The topological polar surface area (TPSA) is 68.5 Å². The fourth-order valence-electron chi connectivity index (χ4n) is 3.58. The Morgan fingerprint density at radius 1 is 0.939 bits per heavy atom. The minimum atomic E-state index is -0.231. The first-order valence-corrected chi connectivity index (χ1v) is 11.0. The van der Waals surface area contributed by atoms with E-state index in [4.69, 9.17) is 9.15 Å². The standard InChI is InChI=1S/C28H27NO4/c1-5-32-22-13-8-18(9-14-22)26-17-24(30)23-16-21(12-15-25(23)33-26)29-27(31)19-6-10-20(11-7-19)28(2,3)4/h6-17H,5H2,1-4H3,(H,29,31). The van der Waals surface area contributed by atoms with Crippen LogP contribution in [0.1, 0.15) is 43.6 Å². The van der Waals surface area contributed by atoms with Crippen LogP contribution in [0.5, 0.6) is 5.75 Å². The van der Waals surface area contributed by atoms with Crippen LogP contribution in [0.25, 0.3) is 22.3 Å². The Morgan fingerprint density at radius 3 is 2.27 bits per heavy atom. The molecular formula is C28H27NO4. The van der Waals surface area contributed by atoms with Gasteiger partial charge in [0.15, 0.2) is 5.43 Å². The van der Waals surface area contributed by atoms with Crippen molar-refractivity contribution in [1.82, 2.24) is 0 Å². The van der Waals surface area contributed by atoms with Crippen molar-refractivity contribution in [2.45, 2.75) is 33.1 Å². The maximum absolute atomic E-state index is 12.8. The molecule has 0 saturated carbocycles. The highest BCUT2D eigenvalue weighted by Gasteiger charge is 2.15. The summed E-state index contributed by atoms with van der Waals surface area (Å²) in [6.45, 7) is 8.90. The van der Waals surface area contributed by atoms with Gasteiger partial charge in [-0.3, -0.25) is 9.59 Å². The van der Waals surface area contributed by atoms with Crippen molar-refractivity contribution in [3.05, 3.63) is 94.1 Å². The third-order valence-electron chi connectivity index (χ3n) is 5.45. The van der Waals surface area contributed by atoms with E-state index in [2.05, 4.69) is 26.1 Å². The first-order chi connectivity index (χ1) is 15.7. The van der Waals surface area contributed by atoms with Crippen LogP contribution in [-0.4, -0.2) is 12.5 Å². The van der Waals surface area contributed by atoms with E-state index in [0.717, 1.165) is 16.9 Å². The van der Waals surface area contributed by atoms with Gasteiger partial charge >= 0.3 is 0 Å². The van der Waals surface area contributed by atoms with E-state index >= 15 is 0 Å². The average molecular weight is 442 g/mol. The van der Waals surface area contributed by atoms with Gasteiger partial charge in [0.1, 0.15) is 17.1 Å². The van der Waals surface area contributed by atoms with Crippen LogP contribution in [0.4, 0.5) is 5.69 Å².